The molecule has 0 spiro atoms. The molecule has 14 heteroatoms. The van der Waals surface area contributed by atoms with Crippen LogP contribution in [0.1, 0.15) is 89.4 Å². The Balaban J connectivity index is 1.82. The number of hydrogen-bond acceptors (Lipinski definition) is 10. The van der Waals surface area contributed by atoms with E-state index in [1.165, 1.54) is 11.4 Å². The number of carbonyl (C=O) groups is 3. The van der Waals surface area contributed by atoms with Crippen molar-refractivity contribution in [2.75, 3.05) is 45.3 Å². The number of hydrogen-bond donors (Lipinski definition) is 2. The molecule has 0 aliphatic carbocycles. The average molecular weight is 724 g/mol. The van der Waals surface area contributed by atoms with Gasteiger partial charge >= 0.3 is 5.97 Å². The van der Waals surface area contributed by atoms with Crippen molar-refractivity contribution >= 4 is 44.8 Å². The molecule has 0 unspecified atom stereocenters. The smallest absolute Gasteiger partial charge is 0.305 e. The Labute approximate surface area is 295 Å². The van der Waals surface area contributed by atoms with Crippen molar-refractivity contribution in [2.45, 2.75) is 102 Å². The van der Waals surface area contributed by atoms with Crippen LogP contribution in [-0.4, -0.2) is 98.7 Å². The molecule has 0 radical (unpaired) electrons. The van der Waals surface area contributed by atoms with Gasteiger partial charge in [0.15, 0.2) is 0 Å². The first kappa shape index (κ1) is 40.4. The van der Waals surface area contributed by atoms with Gasteiger partial charge in [-0.1, -0.05) is 19.4 Å². The summed E-state index contributed by atoms with van der Waals surface area (Å²) >= 11 is 1.15. The van der Waals surface area contributed by atoms with Gasteiger partial charge in [-0.15, -0.1) is 11.3 Å². The molecule has 1 aromatic heterocycles. The van der Waals surface area contributed by atoms with Crippen molar-refractivity contribution in [1.29, 1.82) is 0 Å². The van der Waals surface area contributed by atoms with Crippen molar-refractivity contribution in [3.05, 3.63) is 41.3 Å². The van der Waals surface area contributed by atoms with Crippen LogP contribution in [0.5, 0.6) is 5.75 Å². The summed E-state index contributed by atoms with van der Waals surface area (Å²) in [4.78, 5) is 40.2. The van der Waals surface area contributed by atoms with E-state index in [1.807, 2.05) is 13.8 Å². The Morgan fingerprint density at radius 1 is 1.16 bits per heavy atom. The van der Waals surface area contributed by atoms with Crippen LogP contribution in [0.25, 0.3) is 0 Å². The lowest BCUT2D eigenvalue weighted by molar-refractivity contribution is -0.143. The summed E-state index contributed by atoms with van der Waals surface area (Å²) in [6.07, 6.45) is 4.02. The highest BCUT2D eigenvalue weighted by molar-refractivity contribution is 7.91. The number of fused-ring (bicyclic) bond motifs is 1. The van der Waals surface area contributed by atoms with E-state index in [-0.39, 0.29) is 65.7 Å². The van der Waals surface area contributed by atoms with Crippen molar-refractivity contribution < 1.29 is 42.1 Å². The largest absolute Gasteiger partial charge is 0.490 e. The Morgan fingerprint density at radius 2 is 1.92 bits per heavy atom. The zero-order valence-corrected chi connectivity index (χ0v) is 31.0. The molecule has 0 saturated carbocycles. The number of unbranched alkanes of at least 4 members (excludes halogenated alkanes) is 2. The van der Waals surface area contributed by atoms with Crippen LogP contribution >= 0.6 is 11.3 Å². The Bertz CT molecular complexity index is 1450. The molecule has 49 heavy (non-hydrogen) atoms. The molecular formula is C35H53N3O9S2. The van der Waals surface area contributed by atoms with Gasteiger partial charge in [-0.3, -0.25) is 14.4 Å². The number of esters is 1. The fraction of sp³-hybridized carbons (Fsp3) is 0.629. The predicted octanol–water partition coefficient (Wildman–Crippen LogP) is 5.32. The van der Waals surface area contributed by atoms with Gasteiger partial charge < -0.3 is 29.5 Å². The molecule has 3 rings (SSSR count). The number of carbonyl (C=O) groups excluding carboxylic acids is 3. The molecule has 1 aliphatic heterocycles. The number of benzene rings is 1. The number of aliphatic hydroxyl groups excluding tert-OH is 1. The second-order valence-electron chi connectivity index (χ2n) is 12.6. The zero-order valence-electron chi connectivity index (χ0n) is 29.4. The zero-order chi connectivity index (χ0) is 36.0. The van der Waals surface area contributed by atoms with Crippen LogP contribution in [0.3, 0.4) is 0 Å². The van der Waals surface area contributed by atoms with E-state index in [2.05, 4.69) is 5.32 Å². The van der Waals surface area contributed by atoms with E-state index in [9.17, 15) is 27.9 Å². The molecule has 2 aromatic rings. The topological polar surface area (TPSA) is 152 Å². The van der Waals surface area contributed by atoms with Gasteiger partial charge in [-0.2, -0.15) is 4.31 Å². The van der Waals surface area contributed by atoms with Gasteiger partial charge in [0.05, 0.1) is 37.0 Å². The highest BCUT2D eigenvalue weighted by Crippen LogP contribution is 2.29. The van der Waals surface area contributed by atoms with Gasteiger partial charge in [-0.05, 0) is 82.5 Å². The number of aliphatic hydroxyl groups is 1. The van der Waals surface area contributed by atoms with Crippen molar-refractivity contribution in [3.63, 3.8) is 0 Å². The standard InChI is InChI=1S/C35H53N3O9S2/c1-6-45-33(41)15-9-7-8-14-32(40)36-28-17-18-30-29(21-28)35(42)38(26(3)24-39)22-25(2)31(46-19-11-10-13-27(4)47-30)23-37(5)49(43,44)34-16-12-20-48-34/h12,16-18,20-21,25-27,31,39H,6-11,13-15,19,22-24H2,1-5H3,(H,36,40)/t25-,26+,27+,31+/m1/s1. The summed E-state index contributed by atoms with van der Waals surface area (Å²) in [6, 6.07) is 7.69. The minimum absolute atomic E-state index is 0.0893. The third-order valence-electron chi connectivity index (χ3n) is 8.52. The lowest BCUT2D eigenvalue weighted by Crippen LogP contribution is -2.48. The van der Waals surface area contributed by atoms with E-state index in [0.717, 1.165) is 24.2 Å². The van der Waals surface area contributed by atoms with Gasteiger partial charge in [0, 0.05) is 51.2 Å². The maximum atomic E-state index is 14.3. The highest BCUT2D eigenvalue weighted by Gasteiger charge is 2.32. The van der Waals surface area contributed by atoms with Crippen LogP contribution in [0.4, 0.5) is 5.69 Å². The van der Waals surface area contributed by atoms with E-state index in [4.69, 9.17) is 14.2 Å². The number of amides is 2. The summed E-state index contributed by atoms with van der Waals surface area (Å²) < 4.78 is 45.5. The summed E-state index contributed by atoms with van der Waals surface area (Å²) in [5.41, 5.74) is 0.686. The Hall–Kier alpha value is -3.04. The van der Waals surface area contributed by atoms with Crippen LogP contribution in [0.2, 0.25) is 0 Å². The molecule has 0 saturated heterocycles. The Morgan fingerprint density at radius 3 is 2.61 bits per heavy atom. The average Bonchev–Trinajstić information content (AvgIpc) is 3.62. The fourth-order valence-electron chi connectivity index (χ4n) is 5.57. The van der Waals surface area contributed by atoms with E-state index in [1.54, 1.807) is 54.5 Å². The molecule has 4 atom stereocenters. The fourth-order valence-corrected chi connectivity index (χ4v) is 7.95. The molecule has 1 aromatic carbocycles. The molecular weight excluding hydrogens is 671 g/mol. The van der Waals surface area contributed by atoms with Crippen LogP contribution in [-0.2, 0) is 29.1 Å². The number of anilines is 1. The first-order valence-corrected chi connectivity index (χ1v) is 19.5. The molecule has 2 N–H and O–H groups in total. The van der Waals surface area contributed by atoms with Crippen LogP contribution in [0.15, 0.2) is 39.9 Å². The highest BCUT2D eigenvalue weighted by atomic mass is 32.2. The first-order chi connectivity index (χ1) is 23.4. The van der Waals surface area contributed by atoms with E-state index >= 15 is 0 Å². The van der Waals surface area contributed by atoms with Crippen molar-refractivity contribution in [3.8, 4) is 5.75 Å². The molecule has 12 nitrogen and oxygen atoms in total. The van der Waals surface area contributed by atoms with Gasteiger partial charge in [0.1, 0.15) is 9.96 Å². The van der Waals surface area contributed by atoms with Gasteiger partial charge in [-0.25, -0.2) is 8.42 Å². The summed E-state index contributed by atoms with van der Waals surface area (Å²) in [5.74, 6) is -0.772. The number of nitrogens with one attached hydrogen (secondary N) is 1. The third-order valence-corrected chi connectivity index (χ3v) is 11.7. The molecule has 2 amide bonds. The first-order valence-electron chi connectivity index (χ1n) is 17.2. The minimum atomic E-state index is -3.72. The summed E-state index contributed by atoms with van der Waals surface area (Å²) in [7, 11) is -2.19. The third kappa shape index (κ3) is 12.4. The van der Waals surface area contributed by atoms with Gasteiger partial charge in [0.2, 0.25) is 5.91 Å². The maximum absolute atomic E-state index is 14.3. The Kier molecular flexibility index (Phi) is 16.5. The summed E-state index contributed by atoms with van der Waals surface area (Å²) in [6.45, 7) is 8.09. The number of likely N-dealkylation sites (N-methyl/N-ethyl adjacent to an activating group) is 1. The SMILES string of the molecule is CCOC(=O)CCCCCC(=O)Nc1ccc2c(c1)C(=O)N([C@@H](C)CO)C[C@@H](C)[C@H](CN(C)S(=O)(=O)c1cccs1)OCCCC[C@H](C)O2. The minimum Gasteiger partial charge on any atom is -0.490 e. The molecule has 0 fully saturated rings. The molecule has 274 valence electrons. The number of thiophene rings is 1. The molecule has 1 aliphatic rings. The summed E-state index contributed by atoms with van der Waals surface area (Å²) in [5, 5.41) is 14.8. The quantitative estimate of drug-likeness (QED) is 0.195. The van der Waals surface area contributed by atoms with Gasteiger partial charge in [0.25, 0.3) is 15.9 Å². The second-order valence-corrected chi connectivity index (χ2v) is 15.9. The van der Waals surface area contributed by atoms with E-state index < -0.39 is 22.2 Å². The van der Waals surface area contributed by atoms with E-state index in [0.29, 0.717) is 56.8 Å². The number of sulfonamides is 1. The predicted molar refractivity (Wildman–Crippen MR) is 189 cm³/mol. The lowest BCUT2D eigenvalue weighted by atomic mass is 10.0. The lowest BCUT2D eigenvalue weighted by Gasteiger charge is -2.35. The number of nitrogens with zero attached hydrogens (tertiary/aromatic N) is 2. The normalized spacial score (nSPS) is 20.2. The van der Waals surface area contributed by atoms with Crippen LogP contribution in [0, 0.1) is 5.92 Å². The van der Waals surface area contributed by atoms with Crippen molar-refractivity contribution in [1.82, 2.24) is 9.21 Å². The molecule has 0 bridgehead atoms. The second kappa shape index (κ2) is 20.0. The molecule has 2 heterocycles. The number of rotatable bonds is 14. The van der Waals surface area contributed by atoms with Crippen molar-refractivity contribution in [2.24, 2.45) is 5.92 Å². The maximum Gasteiger partial charge on any atom is 0.305 e. The van der Waals surface area contributed by atoms with Crippen LogP contribution < -0.4 is 10.1 Å². The number of ether oxygens (including phenoxy) is 3. The monoisotopic (exact) mass is 723 g/mol.